The Morgan fingerprint density at radius 1 is 1.22 bits per heavy atom. The predicted molar refractivity (Wildman–Crippen MR) is 74.9 cm³/mol. The van der Waals surface area contributed by atoms with Crippen molar-refractivity contribution < 1.29 is 9.84 Å². The molecule has 3 heteroatoms. The lowest BCUT2D eigenvalue weighted by Gasteiger charge is -2.19. The molecule has 0 saturated heterocycles. The number of rotatable bonds is 7. The molecular weight excluding hydrogens is 226 g/mol. The second-order valence-corrected chi connectivity index (χ2v) is 5.79. The van der Waals surface area contributed by atoms with Crippen LogP contribution in [0, 0.1) is 5.41 Å². The van der Waals surface area contributed by atoms with Crippen molar-refractivity contribution in [3.05, 3.63) is 30.3 Å². The van der Waals surface area contributed by atoms with E-state index in [0.717, 1.165) is 18.7 Å². The van der Waals surface area contributed by atoms with E-state index in [2.05, 4.69) is 26.1 Å². The molecule has 0 bridgehead atoms. The van der Waals surface area contributed by atoms with Gasteiger partial charge in [0.15, 0.2) is 0 Å². The molecule has 0 heterocycles. The molecule has 1 unspecified atom stereocenters. The quantitative estimate of drug-likeness (QED) is 0.731. The maximum atomic E-state index is 9.75. The van der Waals surface area contributed by atoms with Crippen LogP contribution in [0.25, 0.3) is 0 Å². The third-order valence-corrected chi connectivity index (χ3v) is 2.62. The zero-order valence-electron chi connectivity index (χ0n) is 11.6. The van der Waals surface area contributed by atoms with Crippen molar-refractivity contribution in [3.8, 4) is 5.75 Å². The molecule has 1 rings (SSSR count). The van der Waals surface area contributed by atoms with Crippen molar-refractivity contribution in [2.45, 2.75) is 33.3 Å². The van der Waals surface area contributed by atoms with Crippen LogP contribution in [-0.2, 0) is 0 Å². The maximum Gasteiger partial charge on any atom is 0.119 e. The van der Waals surface area contributed by atoms with E-state index in [1.54, 1.807) is 0 Å². The largest absolute Gasteiger partial charge is 0.491 e. The number of ether oxygens (including phenoxy) is 1. The van der Waals surface area contributed by atoms with Gasteiger partial charge in [-0.1, -0.05) is 39.0 Å². The van der Waals surface area contributed by atoms with Gasteiger partial charge >= 0.3 is 0 Å². The summed E-state index contributed by atoms with van der Waals surface area (Å²) in [7, 11) is 0. The van der Waals surface area contributed by atoms with Crippen LogP contribution in [0.15, 0.2) is 30.3 Å². The van der Waals surface area contributed by atoms with Crippen LogP contribution in [0.2, 0.25) is 0 Å². The van der Waals surface area contributed by atoms with Crippen LogP contribution >= 0.6 is 0 Å². The van der Waals surface area contributed by atoms with E-state index < -0.39 is 6.10 Å². The van der Waals surface area contributed by atoms with E-state index in [9.17, 15) is 5.11 Å². The first-order valence-corrected chi connectivity index (χ1v) is 6.54. The lowest BCUT2D eigenvalue weighted by Crippen LogP contribution is -2.33. The lowest BCUT2D eigenvalue weighted by molar-refractivity contribution is 0.106. The second-order valence-electron chi connectivity index (χ2n) is 5.79. The fraction of sp³-hybridized carbons (Fsp3) is 0.600. The van der Waals surface area contributed by atoms with E-state index in [1.165, 1.54) is 0 Å². The first-order chi connectivity index (χ1) is 8.47. The highest BCUT2D eigenvalue weighted by Crippen LogP contribution is 2.16. The van der Waals surface area contributed by atoms with Crippen molar-refractivity contribution in [2.24, 2.45) is 5.41 Å². The topological polar surface area (TPSA) is 41.5 Å². The predicted octanol–water partition coefficient (Wildman–Crippen LogP) is 2.45. The monoisotopic (exact) mass is 251 g/mol. The molecule has 3 nitrogen and oxygen atoms in total. The van der Waals surface area contributed by atoms with Crippen LogP contribution in [0.4, 0.5) is 0 Å². The Bertz CT molecular complexity index is 319. The van der Waals surface area contributed by atoms with Gasteiger partial charge in [0.05, 0.1) is 0 Å². The molecular formula is C15H25NO2. The minimum atomic E-state index is -0.467. The third kappa shape index (κ3) is 7.30. The van der Waals surface area contributed by atoms with E-state index in [-0.39, 0.29) is 0 Å². The molecule has 0 fully saturated rings. The van der Waals surface area contributed by atoms with Gasteiger partial charge in [-0.15, -0.1) is 0 Å². The van der Waals surface area contributed by atoms with Gasteiger partial charge in [-0.3, -0.25) is 0 Å². The van der Waals surface area contributed by atoms with Crippen molar-refractivity contribution >= 4 is 0 Å². The Morgan fingerprint density at radius 2 is 1.89 bits per heavy atom. The van der Waals surface area contributed by atoms with Crippen LogP contribution in [-0.4, -0.2) is 30.9 Å². The average molecular weight is 251 g/mol. The summed E-state index contributed by atoms with van der Waals surface area (Å²) in [4.78, 5) is 0. The summed E-state index contributed by atoms with van der Waals surface area (Å²) in [6.07, 6.45) is 0.629. The lowest BCUT2D eigenvalue weighted by atomic mass is 9.92. The molecule has 0 saturated carbocycles. The highest BCUT2D eigenvalue weighted by Gasteiger charge is 2.10. The number of aliphatic hydroxyl groups is 1. The van der Waals surface area contributed by atoms with E-state index in [4.69, 9.17) is 4.74 Å². The minimum absolute atomic E-state index is 0.326. The van der Waals surface area contributed by atoms with Gasteiger partial charge in [0.2, 0.25) is 0 Å². The fourth-order valence-electron chi connectivity index (χ4n) is 1.50. The molecule has 1 aromatic rings. The summed E-state index contributed by atoms with van der Waals surface area (Å²) in [5, 5.41) is 13.0. The summed E-state index contributed by atoms with van der Waals surface area (Å²) < 4.78 is 5.48. The molecule has 0 aliphatic heterocycles. The second kappa shape index (κ2) is 7.39. The number of benzene rings is 1. The first-order valence-electron chi connectivity index (χ1n) is 6.54. The van der Waals surface area contributed by atoms with Crippen molar-refractivity contribution in [1.29, 1.82) is 0 Å². The molecule has 1 aromatic carbocycles. The Morgan fingerprint density at radius 3 is 2.50 bits per heavy atom. The van der Waals surface area contributed by atoms with Crippen LogP contribution in [0.3, 0.4) is 0 Å². The molecule has 2 N–H and O–H groups in total. The van der Waals surface area contributed by atoms with Crippen LogP contribution < -0.4 is 10.1 Å². The molecule has 0 amide bonds. The van der Waals surface area contributed by atoms with Crippen molar-refractivity contribution in [1.82, 2.24) is 5.32 Å². The summed E-state index contributed by atoms with van der Waals surface area (Å²) in [6.45, 7) is 8.46. The molecule has 18 heavy (non-hydrogen) atoms. The fourth-order valence-corrected chi connectivity index (χ4v) is 1.50. The summed E-state index contributed by atoms with van der Waals surface area (Å²) in [5.41, 5.74) is 0.332. The third-order valence-electron chi connectivity index (χ3n) is 2.62. The number of para-hydroxylation sites is 1. The molecule has 102 valence electrons. The summed E-state index contributed by atoms with van der Waals surface area (Å²) in [5.74, 6) is 0.797. The molecule has 0 aromatic heterocycles. The first kappa shape index (κ1) is 15.0. The van der Waals surface area contributed by atoms with Gasteiger partial charge in [0.25, 0.3) is 0 Å². The molecule has 0 spiro atoms. The van der Waals surface area contributed by atoms with Crippen molar-refractivity contribution in [2.75, 3.05) is 19.7 Å². The smallest absolute Gasteiger partial charge is 0.119 e. The molecule has 0 radical (unpaired) electrons. The zero-order valence-corrected chi connectivity index (χ0v) is 11.6. The number of nitrogens with one attached hydrogen (secondary N) is 1. The van der Waals surface area contributed by atoms with E-state index >= 15 is 0 Å². The van der Waals surface area contributed by atoms with Gasteiger partial charge in [0.1, 0.15) is 18.5 Å². The zero-order chi connectivity index (χ0) is 13.4. The normalized spacial score (nSPS) is 13.3. The molecule has 0 aliphatic rings. The van der Waals surface area contributed by atoms with E-state index in [0.29, 0.717) is 18.6 Å². The van der Waals surface area contributed by atoms with E-state index in [1.807, 2.05) is 30.3 Å². The van der Waals surface area contributed by atoms with Gasteiger partial charge < -0.3 is 15.2 Å². The summed E-state index contributed by atoms with van der Waals surface area (Å²) >= 11 is 0. The van der Waals surface area contributed by atoms with Gasteiger partial charge in [-0.25, -0.2) is 0 Å². The van der Waals surface area contributed by atoms with Gasteiger partial charge in [-0.05, 0) is 30.5 Å². The summed E-state index contributed by atoms with van der Waals surface area (Å²) in [6, 6.07) is 9.56. The SMILES string of the molecule is CC(C)(C)CCNCC(O)COc1ccccc1. The number of hydrogen-bond donors (Lipinski definition) is 2. The molecule has 1 atom stereocenters. The average Bonchev–Trinajstić information content (AvgIpc) is 2.32. The maximum absolute atomic E-state index is 9.75. The number of aliphatic hydroxyl groups excluding tert-OH is 1. The van der Waals surface area contributed by atoms with Crippen molar-refractivity contribution in [3.63, 3.8) is 0 Å². The Labute approximate surface area is 110 Å². The standard InChI is InChI=1S/C15H25NO2/c1-15(2,3)9-10-16-11-13(17)12-18-14-7-5-4-6-8-14/h4-8,13,16-17H,9-12H2,1-3H3. The molecule has 0 aliphatic carbocycles. The Kier molecular flexibility index (Phi) is 6.16. The van der Waals surface area contributed by atoms with Crippen LogP contribution in [0.1, 0.15) is 27.2 Å². The number of hydrogen-bond acceptors (Lipinski definition) is 3. The Balaban J connectivity index is 2.09. The minimum Gasteiger partial charge on any atom is -0.491 e. The highest BCUT2D eigenvalue weighted by atomic mass is 16.5. The van der Waals surface area contributed by atoms with Gasteiger partial charge in [0, 0.05) is 6.54 Å². The highest BCUT2D eigenvalue weighted by molar-refractivity contribution is 5.20. The Hall–Kier alpha value is -1.06. The van der Waals surface area contributed by atoms with Gasteiger partial charge in [-0.2, -0.15) is 0 Å². The van der Waals surface area contributed by atoms with Crippen LogP contribution in [0.5, 0.6) is 5.75 Å².